The molecule has 0 radical (unpaired) electrons. The quantitative estimate of drug-likeness (QED) is 0.695. The summed E-state index contributed by atoms with van der Waals surface area (Å²) in [5.74, 6) is 0. The molecule has 0 heterocycles. The Balaban J connectivity index is 2.66. The van der Waals surface area contributed by atoms with E-state index in [-0.39, 0.29) is 0 Å². The van der Waals surface area contributed by atoms with E-state index in [0.29, 0.717) is 0 Å². The third-order valence-corrected chi connectivity index (χ3v) is 3.14. The molecule has 0 aliphatic heterocycles. The van der Waals surface area contributed by atoms with Gasteiger partial charge in [0.1, 0.15) is 6.29 Å². The minimum atomic E-state index is -0.405. The predicted octanol–water partition coefficient (Wildman–Crippen LogP) is 3.62. The van der Waals surface area contributed by atoms with Gasteiger partial charge in [-0.2, -0.15) is 0 Å². The van der Waals surface area contributed by atoms with Crippen molar-refractivity contribution in [2.75, 3.05) is 0 Å². The molecular formula is C15H16O. The van der Waals surface area contributed by atoms with Crippen LogP contribution in [0.15, 0.2) is 36.4 Å². The number of hydrogen-bond acceptors (Lipinski definition) is 1. The first-order valence-corrected chi connectivity index (χ1v) is 5.51. The van der Waals surface area contributed by atoms with Crippen molar-refractivity contribution in [2.24, 2.45) is 0 Å². The van der Waals surface area contributed by atoms with Gasteiger partial charge in [0.05, 0.1) is 0 Å². The van der Waals surface area contributed by atoms with Crippen molar-refractivity contribution >= 4 is 17.1 Å². The van der Waals surface area contributed by atoms with Crippen LogP contribution in [0.5, 0.6) is 0 Å². The molecule has 0 unspecified atom stereocenters. The SMILES string of the molecule is Cc1cccc2cc(C(C)(C)C=O)ccc12. The molecule has 0 amide bonds. The van der Waals surface area contributed by atoms with E-state index in [1.165, 1.54) is 16.3 Å². The van der Waals surface area contributed by atoms with E-state index in [1.54, 1.807) is 0 Å². The highest BCUT2D eigenvalue weighted by Gasteiger charge is 2.19. The monoisotopic (exact) mass is 212 g/mol. The zero-order valence-corrected chi connectivity index (χ0v) is 9.95. The van der Waals surface area contributed by atoms with E-state index in [2.05, 4.69) is 37.3 Å². The molecule has 0 N–H and O–H groups in total. The van der Waals surface area contributed by atoms with E-state index < -0.39 is 5.41 Å². The summed E-state index contributed by atoms with van der Waals surface area (Å²) in [5.41, 5.74) is 1.94. The summed E-state index contributed by atoms with van der Waals surface area (Å²) in [6.45, 7) is 5.99. The Morgan fingerprint density at radius 3 is 2.56 bits per heavy atom. The van der Waals surface area contributed by atoms with E-state index in [1.807, 2.05) is 19.9 Å². The Bertz CT molecular complexity index is 538. The van der Waals surface area contributed by atoms with Crippen molar-refractivity contribution in [2.45, 2.75) is 26.2 Å². The normalized spacial score (nSPS) is 11.7. The van der Waals surface area contributed by atoms with Crippen LogP contribution in [-0.4, -0.2) is 6.29 Å². The Morgan fingerprint density at radius 2 is 1.88 bits per heavy atom. The molecule has 82 valence electrons. The molecule has 2 aromatic rings. The molecule has 0 bridgehead atoms. The predicted molar refractivity (Wildman–Crippen MR) is 67.8 cm³/mol. The molecule has 2 aromatic carbocycles. The Morgan fingerprint density at radius 1 is 1.12 bits per heavy atom. The van der Waals surface area contributed by atoms with Gasteiger partial charge in [0.2, 0.25) is 0 Å². The lowest BCUT2D eigenvalue weighted by Crippen LogP contribution is -2.18. The molecule has 0 saturated heterocycles. The zero-order valence-electron chi connectivity index (χ0n) is 9.95. The minimum Gasteiger partial charge on any atom is -0.302 e. The molecule has 0 saturated carbocycles. The summed E-state index contributed by atoms with van der Waals surface area (Å²) in [5, 5.41) is 2.46. The fraction of sp³-hybridized carbons (Fsp3) is 0.267. The van der Waals surface area contributed by atoms with Crippen LogP contribution in [-0.2, 0) is 10.2 Å². The largest absolute Gasteiger partial charge is 0.302 e. The van der Waals surface area contributed by atoms with Gasteiger partial charge in [0.15, 0.2) is 0 Å². The molecule has 1 heteroatoms. The van der Waals surface area contributed by atoms with Crippen molar-refractivity contribution in [3.05, 3.63) is 47.5 Å². The van der Waals surface area contributed by atoms with Crippen LogP contribution in [0.25, 0.3) is 10.8 Å². The first-order chi connectivity index (χ1) is 7.54. The van der Waals surface area contributed by atoms with Gasteiger partial charge in [-0.05, 0) is 42.7 Å². The van der Waals surface area contributed by atoms with E-state index in [9.17, 15) is 4.79 Å². The highest BCUT2D eigenvalue weighted by atomic mass is 16.1. The first-order valence-electron chi connectivity index (χ1n) is 5.51. The number of carbonyl (C=O) groups excluding carboxylic acids is 1. The molecule has 0 aromatic heterocycles. The van der Waals surface area contributed by atoms with Crippen molar-refractivity contribution in [3.8, 4) is 0 Å². The molecular weight excluding hydrogens is 196 g/mol. The molecule has 0 spiro atoms. The standard InChI is InChI=1S/C15H16O/c1-11-5-4-6-12-9-13(7-8-14(11)12)15(2,3)10-16/h4-10H,1-3H3. The lowest BCUT2D eigenvalue weighted by molar-refractivity contribution is -0.111. The van der Waals surface area contributed by atoms with Crippen LogP contribution in [0.2, 0.25) is 0 Å². The van der Waals surface area contributed by atoms with Crippen LogP contribution in [0.1, 0.15) is 25.0 Å². The molecule has 0 aliphatic carbocycles. The van der Waals surface area contributed by atoms with Crippen LogP contribution >= 0.6 is 0 Å². The Kier molecular flexibility index (Phi) is 2.55. The Labute approximate surface area is 96.1 Å². The summed E-state index contributed by atoms with van der Waals surface area (Å²) in [4.78, 5) is 11.0. The average molecular weight is 212 g/mol. The molecule has 2 rings (SSSR count). The number of rotatable bonds is 2. The highest BCUT2D eigenvalue weighted by molar-refractivity contribution is 5.87. The highest BCUT2D eigenvalue weighted by Crippen LogP contribution is 2.26. The molecule has 16 heavy (non-hydrogen) atoms. The van der Waals surface area contributed by atoms with Gasteiger partial charge in [0.25, 0.3) is 0 Å². The topological polar surface area (TPSA) is 17.1 Å². The summed E-state index contributed by atoms with van der Waals surface area (Å²) >= 11 is 0. The fourth-order valence-electron chi connectivity index (χ4n) is 1.91. The van der Waals surface area contributed by atoms with Gasteiger partial charge in [-0.1, -0.05) is 36.4 Å². The van der Waals surface area contributed by atoms with Gasteiger partial charge in [-0.3, -0.25) is 0 Å². The number of aryl methyl sites for hydroxylation is 1. The number of fused-ring (bicyclic) bond motifs is 1. The van der Waals surface area contributed by atoms with Crippen LogP contribution in [0.4, 0.5) is 0 Å². The van der Waals surface area contributed by atoms with Gasteiger partial charge in [-0.25, -0.2) is 0 Å². The Hall–Kier alpha value is -1.63. The first kappa shape index (κ1) is 10.9. The van der Waals surface area contributed by atoms with Crippen LogP contribution in [0, 0.1) is 6.92 Å². The van der Waals surface area contributed by atoms with E-state index in [4.69, 9.17) is 0 Å². The summed E-state index contributed by atoms with van der Waals surface area (Å²) in [6, 6.07) is 12.5. The number of benzene rings is 2. The molecule has 1 nitrogen and oxygen atoms in total. The fourth-order valence-corrected chi connectivity index (χ4v) is 1.91. The average Bonchev–Trinajstić information content (AvgIpc) is 2.29. The van der Waals surface area contributed by atoms with Gasteiger partial charge in [0, 0.05) is 5.41 Å². The van der Waals surface area contributed by atoms with E-state index >= 15 is 0 Å². The zero-order chi connectivity index (χ0) is 11.8. The summed E-state index contributed by atoms with van der Waals surface area (Å²) in [6.07, 6.45) is 1.00. The van der Waals surface area contributed by atoms with Crippen molar-refractivity contribution in [3.63, 3.8) is 0 Å². The lowest BCUT2D eigenvalue weighted by Gasteiger charge is -2.18. The lowest BCUT2D eigenvalue weighted by atomic mass is 9.85. The summed E-state index contributed by atoms with van der Waals surface area (Å²) in [7, 11) is 0. The number of hydrogen-bond donors (Lipinski definition) is 0. The van der Waals surface area contributed by atoms with Gasteiger partial charge >= 0.3 is 0 Å². The maximum absolute atomic E-state index is 11.0. The van der Waals surface area contributed by atoms with Crippen LogP contribution < -0.4 is 0 Å². The molecule has 0 aliphatic rings. The third kappa shape index (κ3) is 1.73. The van der Waals surface area contributed by atoms with Crippen molar-refractivity contribution in [1.82, 2.24) is 0 Å². The maximum atomic E-state index is 11.0. The minimum absolute atomic E-state index is 0.405. The number of aldehydes is 1. The number of carbonyl (C=O) groups is 1. The van der Waals surface area contributed by atoms with Crippen LogP contribution in [0.3, 0.4) is 0 Å². The van der Waals surface area contributed by atoms with Gasteiger partial charge < -0.3 is 4.79 Å². The third-order valence-electron chi connectivity index (χ3n) is 3.14. The second kappa shape index (κ2) is 3.75. The second-order valence-corrected chi connectivity index (χ2v) is 4.85. The molecule has 0 atom stereocenters. The smallest absolute Gasteiger partial charge is 0.129 e. The van der Waals surface area contributed by atoms with Gasteiger partial charge in [-0.15, -0.1) is 0 Å². The van der Waals surface area contributed by atoms with Crippen molar-refractivity contribution in [1.29, 1.82) is 0 Å². The molecule has 0 fully saturated rings. The summed E-state index contributed by atoms with van der Waals surface area (Å²) < 4.78 is 0. The maximum Gasteiger partial charge on any atom is 0.129 e. The van der Waals surface area contributed by atoms with Crippen molar-refractivity contribution < 1.29 is 4.79 Å². The van der Waals surface area contributed by atoms with E-state index in [0.717, 1.165) is 11.8 Å². The second-order valence-electron chi connectivity index (χ2n) is 4.85.